The lowest BCUT2D eigenvalue weighted by molar-refractivity contribution is -0.116. The maximum Gasteiger partial charge on any atom is 0.252 e. The predicted octanol–water partition coefficient (Wildman–Crippen LogP) is 2.52. The summed E-state index contributed by atoms with van der Waals surface area (Å²) in [6, 6.07) is 6.86. The number of amides is 2. The van der Waals surface area contributed by atoms with Crippen molar-refractivity contribution in [2.75, 3.05) is 26.1 Å². The highest BCUT2D eigenvalue weighted by molar-refractivity contribution is 7.08. The van der Waals surface area contributed by atoms with Crippen molar-refractivity contribution in [1.29, 1.82) is 0 Å². The SMILES string of the molecule is COc1ccc(NC(=O)CCNC(=O)c2ccsc2)cc1OC. The van der Waals surface area contributed by atoms with E-state index in [4.69, 9.17) is 9.47 Å². The molecule has 0 radical (unpaired) electrons. The summed E-state index contributed by atoms with van der Waals surface area (Å²) in [7, 11) is 3.08. The Bertz CT molecular complexity index is 671. The minimum atomic E-state index is -0.192. The van der Waals surface area contributed by atoms with Gasteiger partial charge in [-0.25, -0.2) is 0 Å². The molecule has 7 heteroatoms. The number of rotatable bonds is 7. The molecule has 1 aromatic carbocycles. The van der Waals surface area contributed by atoms with Crippen LogP contribution in [0.15, 0.2) is 35.0 Å². The predicted molar refractivity (Wildman–Crippen MR) is 89.4 cm³/mol. The van der Waals surface area contributed by atoms with Gasteiger partial charge in [0.1, 0.15) is 0 Å². The van der Waals surface area contributed by atoms with E-state index in [2.05, 4.69) is 10.6 Å². The van der Waals surface area contributed by atoms with Crippen molar-refractivity contribution in [3.8, 4) is 11.5 Å². The third-order valence-electron chi connectivity index (χ3n) is 3.09. The molecule has 1 aromatic heterocycles. The number of carbonyl (C=O) groups is 2. The normalized spacial score (nSPS) is 10.0. The summed E-state index contributed by atoms with van der Waals surface area (Å²) in [5, 5.41) is 9.05. The van der Waals surface area contributed by atoms with Crippen LogP contribution in [0.1, 0.15) is 16.8 Å². The number of benzene rings is 1. The van der Waals surface area contributed by atoms with E-state index in [9.17, 15) is 9.59 Å². The van der Waals surface area contributed by atoms with Crippen LogP contribution in [0.4, 0.5) is 5.69 Å². The van der Waals surface area contributed by atoms with E-state index in [1.165, 1.54) is 18.4 Å². The highest BCUT2D eigenvalue weighted by Gasteiger charge is 2.09. The van der Waals surface area contributed by atoms with E-state index in [0.717, 1.165) is 0 Å². The molecule has 0 unspecified atom stereocenters. The van der Waals surface area contributed by atoms with Crippen LogP contribution in [-0.4, -0.2) is 32.6 Å². The molecule has 122 valence electrons. The summed E-state index contributed by atoms with van der Waals surface area (Å²) in [5.41, 5.74) is 1.21. The number of nitrogens with one attached hydrogen (secondary N) is 2. The van der Waals surface area contributed by atoms with Crippen LogP contribution in [-0.2, 0) is 4.79 Å². The van der Waals surface area contributed by atoms with Gasteiger partial charge in [0.25, 0.3) is 5.91 Å². The van der Waals surface area contributed by atoms with Gasteiger partial charge in [0.05, 0.1) is 14.2 Å². The molecule has 0 saturated heterocycles. The van der Waals surface area contributed by atoms with Crippen LogP contribution in [0.25, 0.3) is 0 Å². The Labute approximate surface area is 138 Å². The van der Waals surface area contributed by atoms with Crippen molar-refractivity contribution in [2.45, 2.75) is 6.42 Å². The van der Waals surface area contributed by atoms with Crippen LogP contribution >= 0.6 is 11.3 Å². The number of hydrogen-bond acceptors (Lipinski definition) is 5. The topological polar surface area (TPSA) is 76.7 Å². The number of anilines is 1. The van der Waals surface area contributed by atoms with E-state index in [-0.39, 0.29) is 24.8 Å². The third-order valence-corrected chi connectivity index (χ3v) is 3.77. The molecule has 2 N–H and O–H groups in total. The smallest absolute Gasteiger partial charge is 0.252 e. The second-order valence-corrected chi connectivity index (χ2v) is 5.42. The van der Waals surface area contributed by atoms with Crippen molar-refractivity contribution in [2.24, 2.45) is 0 Å². The largest absolute Gasteiger partial charge is 0.493 e. The first-order chi connectivity index (χ1) is 11.1. The van der Waals surface area contributed by atoms with E-state index in [1.54, 1.807) is 36.8 Å². The fourth-order valence-corrected chi connectivity index (χ4v) is 2.56. The molecule has 2 amide bonds. The molecule has 0 aliphatic rings. The molecular formula is C16H18N2O4S. The molecule has 0 saturated carbocycles. The fraction of sp³-hybridized carbons (Fsp3) is 0.250. The first kappa shape index (κ1) is 16.8. The van der Waals surface area contributed by atoms with Gasteiger partial charge in [0.15, 0.2) is 11.5 Å². The van der Waals surface area contributed by atoms with Crippen molar-refractivity contribution in [3.05, 3.63) is 40.6 Å². The molecule has 1 heterocycles. The standard InChI is InChI=1S/C16H18N2O4S/c1-21-13-4-3-12(9-14(13)22-2)18-15(19)5-7-17-16(20)11-6-8-23-10-11/h3-4,6,8-10H,5,7H2,1-2H3,(H,17,20)(H,18,19). The summed E-state index contributed by atoms with van der Waals surface area (Å²) in [4.78, 5) is 23.6. The molecule has 0 bridgehead atoms. The van der Waals surface area contributed by atoms with E-state index < -0.39 is 0 Å². The summed E-state index contributed by atoms with van der Waals surface area (Å²) in [6.07, 6.45) is 0.185. The van der Waals surface area contributed by atoms with E-state index in [1.807, 2.05) is 5.38 Å². The van der Waals surface area contributed by atoms with Gasteiger partial charge in [0, 0.05) is 35.7 Å². The summed E-state index contributed by atoms with van der Waals surface area (Å²) in [6.45, 7) is 0.272. The maximum atomic E-state index is 11.9. The minimum Gasteiger partial charge on any atom is -0.493 e. The maximum absolute atomic E-state index is 11.9. The van der Waals surface area contributed by atoms with Crippen molar-refractivity contribution < 1.29 is 19.1 Å². The molecule has 6 nitrogen and oxygen atoms in total. The number of ether oxygens (including phenoxy) is 2. The van der Waals surface area contributed by atoms with Crippen LogP contribution in [0.5, 0.6) is 11.5 Å². The first-order valence-corrected chi connectivity index (χ1v) is 7.90. The average molecular weight is 334 g/mol. The second-order valence-electron chi connectivity index (χ2n) is 4.64. The number of methoxy groups -OCH3 is 2. The van der Waals surface area contributed by atoms with E-state index >= 15 is 0 Å². The summed E-state index contributed by atoms with van der Waals surface area (Å²) >= 11 is 1.45. The third kappa shape index (κ3) is 4.72. The molecular weight excluding hydrogens is 316 g/mol. The van der Waals surface area contributed by atoms with Crippen LogP contribution < -0.4 is 20.1 Å². The molecule has 0 aliphatic carbocycles. The summed E-state index contributed by atoms with van der Waals surface area (Å²) in [5.74, 6) is 0.762. The fourth-order valence-electron chi connectivity index (χ4n) is 1.92. The second kappa shape index (κ2) is 8.19. The van der Waals surface area contributed by atoms with Crippen LogP contribution in [0, 0.1) is 0 Å². The zero-order valence-electron chi connectivity index (χ0n) is 12.9. The number of hydrogen-bond donors (Lipinski definition) is 2. The quantitative estimate of drug-likeness (QED) is 0.816. The molecule has 0 fully saturated rings. The van der Waals surface area contributed by atoms with Crippen molar-refractivity contribution >= 4 is 28.8 Å². The minimum absolute atomic E-state index is 0.176. The highest BCUT2D eigenvalue weighted by Crippen LogP contribution is 2.29. The first-order valence-electron chi connectivity index (χ1n) is 6.96. The monoisotopic (exact) mass is 334 g/mol. The van der Waals surface area contributed by atoms with Gasteiger partial charge in [-0.3, -0.25) is 9.59 Å². The zero-order valence-corrected chi connectivity index (χ0v) is 13.7. The molecule has 2 rings (SSSR count). The van der Waals surface area contributed by atoms with Crippen LogP contribution in [0.2, 0.25) is 0 Å². The van der Waals surface area contributed by atoms with Gasteiger partial charge in [0.2, 0.25) is 5.91 Å². The number of carbonyl (C=O) groups excluding carboxylic acids is 2. The molecule has 2 aromatic rings. The average Bonchev–Trinajstić information content (AvgIpc) is 3.09. The lowest BCUT2D eigenvalue weighted by Crippen LogP contribution is -2.27. The van der Waals surface area contributed by atoms with Gasteiger partial charge < -0.3 is 20.1 Å². The Morgan fingerprint density at radius 2 is 1.91 bits per heavy atom. The Morgan fingerprint density at radius 1 is 1.13 bits per heavy atom. The van der Waals surface area contributed by atoms with Gasteiger partial charge in [-0.1, -0.05) is 0 Å². The highest BCUT2D eigenvalue weighted by atomic mass is 32.1. The Kier molecular flexibility index (Phi) is 5.99. The Hall–Kier alpha value is -2.54. The van der Waals surface area contributed by atoms with Gasteiger partial charge in [-0.05, 0) is 23.6 Å². The van der Waals surface area contributed by atoms with Crippen molar-refractivity contribution in [3.63, 3.8) is 0 Å². The van der Waals surface area contributed by atoms with Crippen LogP contribution in [0.3, 0.4) is 0 Å². The van der Waals surface area contributed by atoms with Gasteiger partial charge in [-0.2, -0.15) is 11.3 Å². The van der Waals surface area contributed by atoms with Gasteiger partial charge >= 0.3 is 0 Å². The lowest BCUT2D eigenvalue weighted by atomic mass is 10.2. The Balaban J connectivity index is 1.82. The zero-order chi connectivity index (χ0) is 16.7. The molecule has 0 atom stereocenters. The summed E-state index contributed by atoms with van der Waals surface area (Å²) < 4.78 is 10.3. The molecule has 0 spiro atoms. The van der Waals surface area contributed by atoms with Gasteiger partial charge in [-0.15, -0.1) is 0 Å². The van der Waals surface area contributed by atoms with Crippen molar-refractivity contribution in [1.82, 2.24) is 5.32 Å². The van der Waals surface area contributed by atoms with E-state index in [0.29, 0.717) is 22.7 Å². The molecule has 0 aliphatic heterocycles. The Morgan fingerprint density at radius 3 is 2.57 bits per heavy atom. The molecule has 23 heavy (non-hydrogen) atoms. The lowest BCUT2D eigenvalue weighted by Gasteiger charge is -2.10. The number of thiophene rings is 1.